The van der Waals surface area contributed by atoms with Crippen LogP contribution in [0.1, 0.15) is 122 Å². The van der Waals surface area contributed by atoms with Gasteiger partial charge in [0.05, 0.1) is 47.3 Å². The molecule has 0 aliphatic carbocycles. The van der Waals surface area contributed by atoms with Gasteiger partial charge in [-0.1, -0.05) is 69.3 Å². The van der Waals surface area contributed by atoms with E-state index in [9.17, 15) is 33.9 Å². The van der Waals surface area contributed by atoms with Gasteiger partial charge in [-0.2, -0.15) is 0 Å². The van der Waals surface area contributed by atoms with Crippen LogP contribution in [0.3, 0.4) is 0 Å². The van der Waals surface area contributed by atoms with E-state index in [0.29, 0.717) is 69.7 Å². The number of H-pyrrole nitrogens is 1. The second kappa shape index (κ2) is 34.3. The molecule has 5 aromatic rings. The highest BCUT2D eigenvalue weighted by atomic mass is 32.1. The number of pyridine rings is 1. The summed E-state index contributed by atoms with van der Waals surface area (Å²) in [5, 5.41) is 23.1. The van der Waals surface area contributed by atoms with Gasteiger partial charge in [-0.15, -0.1) is 11.3 Å². The highest BCUT2D eigenvalue weighted by Crippen LogP contribution is 2.35. The van der Waals surface area contributed by atoms with Gasteiger partial charge in [-0.25, -0.2) is 4.98 Å². The van der Waals surface area contributed by atoms with Crippen LogP contribution in [-0.4, -0.2) is 182 Å². The van der Waals surface area contributed by atoms with Crippen LogP contribution in [0.4, 0.5) is 5.69 Å². The second-order valence-electron chi connectivity index (χ2n) is 25.8. The zero-order valence-corrected chi connectivity index (χ0v) is 55.7. The Hall–Kier alpha value is -6.69. The number of nitrogens with zero attached hydrogens (tertiary/aromatic N) is 5. The van der Waals surface area contributed by atoms with Crippen LogP contribution in [0.5, 0.6) is 0 Å². The fourth-order valence-corrected chi connectivity index (χ4v) is 13.3. The number of nitrogens with one attached hydrogen (secondary N) is 5. The number of aryl methyl sites for hydroxylation is 3. The molecule has 3 aliphatic heterocycles. The number of aromatic nitrogens is 2. The number of thiazole rings is 1. The normalized spacial score (nSPS) is 17.4. The Kier molecular flexibility index (Phi) is 26.4. The Labute approximate surface area is 541 Å². The Morgan fingerprint density at radius 2 is 1.53 bits per heavy atom. The zero-order chi connectivity index (χ0) is 65.0. The molecule has 2 aromatic heterocycles. The van der Waals surface area contributed by atoms with Crippen LogP contribution < -0.4 is 31.7 Å². The summed E-state index contributed by atoms with van der Waals surface area (Å²) in [6, 6.07) is 21.4. The maximum atomic E-state index is 14.1. The SMILES string of the molecule is CCN(c1cc(-c2ccc(CN3CCN(CC(=O)NCCCCCOCCCOCC(C=O)CN[C@H](C(=O)N4C[C@H](O)C[C@H]4C(=O)NCc4ccc(-c5scnc5C)cc4)C(C)(C)C)CC3)cc2)cc(C(=O)NCc2c(C)cc(C)[nH]c2=O)c1C)C1CCOCC1. The molecular weight excluding hydrogens is 1170 g/mol. The highest BCUT2D eigenvalue weighted by Gasteiger charge is 2.44. The van der Waals surface area contributed by atoms with Crippen molar-refractivity contribution in [3.63, 3.8) is 0 Å². The number of β-amino-alcohol motifs (C(OH)–C–C–N with tert-alkyl or cyclic N) is 1. The minimum Gasteiger partial charge on any atom is -0.391 e. The number of unbranched alkanes of at least 4 members (excludes halogenated alkanes) is 2. The first kappa shape index (κ1) is 70.2. The van der Waals surface area contributed by atoms with E-state index in [2.05, 4.69) is 83.2 Å². The smallest absolute Gasteiger partial charge is 0.253 e. The van der Waals surface area contributed by atoms with Gasteiger partial charge in [0.2, 0.25) is 17.7 Å². The van der Waals surface area contributed by atoms with E-state index >= 15 is 0 Å². The molecule has 5 heterocycles. The summed E-state index contributed by atoms with van der Waals surface area (Å²) in [6.45, 7) is 25.4. The van der Waals surface area contributed by atoms with Gasteiger partial charge in [0.25, 0.3) is 11.5 Å². The Morgan fingerprint density at radius 3 is 2.21 bits per heavy atom. The van der Waals surface area contributed by atoms with Crippen molar-refractivity contribution in [1.82, 2.24) is 45.9 Å². The lowest BCUT2D eigenvalue weighted by Crippen LogP contribution is -2.57. The van der Waals surface area contributed by atoms with Gasteiger partial charge >= 0.3 is 0 Å². The molecule has 0 radical (unpaired) electrons. The number of aliphatic hydroxyl groups excluding tert-OH is 1. The number of aromatic amines is 1. The monoisotopic (exact) mass is 1270 g/mol. The van der Waals surface area contributed by atoms with Crippen LogP contribution in [-0.2, 0) is 53.0 Å². The van der Waals surface area contributed by atoms with E-state index in [0.717, 1.165) is 133 Å². The zero-order valence-electron chi connectivity index (χ0n) is 54.8. The number of hydrogen-bond acceptors (Lipinski definition) is 16. The van der Waals surface area contributed by atoms with Crippen LogP contribution >= 0.6 is 11.3 Å². The van der Waals surface area contributed by atoms with Gasteiger partial charge in [0, 0.05) is 140 Å². The number of rotatable bonds is 32. The number of aliphatic hydroxyl groups is 1. The molecule has 3 aromatic carbocycles. The summed E-state index contributed by atoms with van der Waals surface area (Å²) in [4.78, 5) is 96.4. The molecule has 0 saturated carbocycles. The lowest BCUT2D eigenvalue weighted by atomic mass is 9.85. The average molecular weight is 1270 g/mol. The molecule has 21 heteroatoms. The predicted octanol–water partition coefficient (Wildman–Crippen LogP) is 7.26. The van der Waals surface area contributed by atoms with E-state index in [1.807, 2.05) is 90.4 Å². The minimum atomic E-state index is -0.832. The number of aldehydes is 1. The average Bonchev–Trinajstić information content (AvgIpc) is 1.46. The van der Waals surface area contributed by atoms with Crippen molar-refractivity contribution in [3.8, 4) is 21.6 Å². The maximum absolute atomic E-state index is 14.1. The van der Waals surface area contributed by atoms with E-state index in [1.165, 1.54) is 10.5 Å². The first-order valence-corrected chi connectivity index (χ1v) is 33.5. The van der Waals surface area contributed by atoms with Crippen molar-refractivity contribution < 1.29 is 43.3 Å². The van der Waals surface area contributed by atoms with E-state index in [4.69, 9.17) is 14.2 Å². The third-order valence-corrected chi connectivity index (χ3v) is 18.7. The summed E-state index contributed by atoms with van der Waals surface area (Å²) in [5.74, 6) is -1.30. The number of hydrogen-bond donors (Lipinski definition) is 6. The molecule has 3 saturated heterocycles. The molecule has 6 N–H and O–H groups in total. The van der Waals surface area contributed by atoms with Crippen molar-refractivity contribution in [2.75, 3.05) is 103 Å². The number of piperazine rings is 1. The molecule has 20 nitrogen and oxygen atoms in total. The second-order valence-corrected chi connectivity index (χ2v) is 26.7. The standard InChI is InChI=1S/C70H98N10O10S/c1-9-79(57-22-32-89-33-23-57)61-36-56(35-59(49(61)4)66(84)74-40-60-47(2)34-48(3)76-67(60)85)54-18-16-52(17-19-54)41-77-25-27-78(28-26-77)43-63(83)71-24-11-10-12-29-88-30-13-31-90-45-53(44-81)39-72-65(70(6,7)8)69(87)80-42-58(82)37-62(80)68(86)73-38-51-14-20-55(21-15-51)64-50(5)75-46-91-64/h14-21,34-36,44,46,53,57-58,62,65,72,82H,9-13,22-33,37-43,45H2,1-8H3,(H,71,83)(H,73,86)(H,74,84)(H,76,85)/t53?,58-,62+,65-/m1/s1. The number of likely N-dealkylation sites (tertiary alicyclic amines) is 1. The number of ether oxygens (including phenoxy) is 3. The van der Waals surface area contributed by atoms with Crippen LogP contribution in [0.2, 0.25) is 0 Å². The Morgan fingerprint density at radius 1 is 0.835 bits per heavy atom. The lowest BCUT2D eigenvalue weighted by Gasteiger charge is -2.37. The molecule has 3 aliphatic rings. The fourth-order valence-electron chi connectivity index (χ4n) is 12.5. The first-order valence-electron chi connectivity index (χ1n) is 32.7. The number of amides is 4. The first-order chi connectivity index (χ1) is 43.8. The third-order valence-electron chi connectivity index (χ3n) is 17.7. The molecule has 4 atom stereocenters. The summed E-state index contributed by atoms with van der Waals surface area (Å²) in [6.07, 6.45) is 5.31. The van der Waals surface area contributed by atoms with Crippen molar-refractivity contribution in [3.05, 3.63) is 127 Å². The molecular formula is C70H98N10O10S. The van der Waals surface area contributed by atoms with Crippen molar-refractivity contribution in [1.29, 1.82) is 0 Å². The van der Waals surface area contributed by atoms with Crippen LogP contribution in [0.15, 0.2) is 77.0 Å². The Balaban J connectivity index is 0.679. The molecule has 1 unspecified atom stereocenters. The van der Waals surface area contributed by atoms with Gasteiger partial charge < -0.3 is 60.2 Å². The molecule has 91 heavy (non-hydrogen) atoms. The number of benzene rings is 3. The van der Waals surface area contributed by atoms with Crippen molar-refractivity contribution in [2.45, 2.75) is 144 Å². The van der Waals surface area contributed by atoms with E-state index in [-0.39, 0.29) is 68.4 Å². The molecule has 494 valence electrons. The highest BCUT2D eigenvalue weighted by molar-refractivity contribution is 7.13. The number of carbonyl (C=O) groups excluding carboxylic acids is 5. The summed E-state index contributed by atoms with van der Waals surface area (Å²) < 4.78 is 17.4. The molecule has 0 spiro atoms. The largest absolute Gasteiger partial charge is 0.391 e. The molecule has 0 bridgehead atoms. The quantitative estimate of drug-likeness (QED) is 0.0184. The topological polar surface area (TPSA) is 240 Å². The summed E-state index contributed by atoms with van der Waals surface area (Å²) in [7, 11) is 0. The van der Waals surface area contributed by atoms with E-state index in [1.54, 1.807) is 11.3 Å². The summed E-state index contributed by atoms with van der Waals surface area (Å²) in [5.41, 5.74) is 11.9. The number of anilines is 1. The van der Waals surface area contributed by atoms with Crippen LogP contribution in [0, 0.1) is 39.0 Å². The van der Waals surface area contributed by atoms with Gasteiger partial charge in [-0.05, 0) is 136 Å². The van der Waals surface area contributed by atoms with Crippen molar-refractivity contribution in [2.24, 2.45) is 11.3 Å². The van der Waals surface area contributed by atoms with Gasteiger partial charge in [0.1, 0.15) is 12.3 Å². The predicted molar refractivity (Wildman–Crippen MR) is 357 cm³/mol. The van der Waals surface area contributed by atoms with E-state index < -0.39 is 29.5 Å². The van der Waals surface area contributed by atoms with Crippen molar-refractivity contribution >= 4 is 46.9 Å². The Bertz CT molecular complexity index is 3240. The van der Waals surface area contributed by atoms with Crippen LogP contribution in [0.25, 0.3) is 21.6 Å². The molecule has 8 rings (SSSR count). The lowest BCUT2D eigenvalue weighted by molar-refractivity contribution is -0.142. The van der Waals surface area contributed by atoms with Gasteiger partial charge in [0.15, 0.2) is 0 Å². The molecule has 4 amide bonds. The molecule has 3 fully saturated rings. The van der Waals surface area contributed by atoms with Gasteiger partial charge in [-0.3, -0.25) is 33.8 Å². The number of carbonyl (C=O) groups is 5. The fraction of sp³-hybridized carbons (Fsp3) is 0.557. The third kappa shape index (κ3) is 20.2. The summed E-state index contributed by atoms with van der Waals surface area (Å²) >= 11 is 1.58. The minimum absolute atomic E-state index is 0.0387. The maximum Gasteiger partial charge on any atom is 0.253 e.